The average molecular weight is 278 g/mol. The summed E-state index contributed by atoms with van der Waals surface area (Å²) < 4.78 is 12.8. The molecule has 0 spiro atoms. The summed E-state index contributed by atoms with van der Waals surface area (Å²) in [7, 11) is 1.75. The molecule has 0 saturated heterocycles. The molecule has 0 saturated carbocycles. The highest BCUT2D eigenvalue weighted by molar-refractivity contribution is 7.09. The Morgan fingerprint density at radius 2 is 2.05 bits per heavy atom. The van der Waals surface area contributed by atoms with Crippen LogP contribution in [0, 0.1) is 12.7 Å². The van der Waals surface area contributed by atoms with Crippen LogP contribution in [0.5, 0.6) is 0 Å². The van der Waals surface area contributed by atoms with Crippen molar-refractivity contribution in [1.82, 2.24) is 9.88 Å². The molecule has 2 aromatic rings. The van der Waals surface area contributed by atoms with E-state index in [1.165, 1.54) is 12.1 Å². The lowest BCUT2D eigenvalue weighted by Gasteiger charge is -2.15. The fourth-order valence-electron chi connectivity index (χ4n) is 1.72. The van der Waals surface area contributed by atoms with Gasteiger partial charge in [0.15, 0.2) is 0 Å². The van der Waals surface area contributed by atoms with E-state index in [1.54, 1.807) is 35.4 Å². The van der Waals surface area contributed by atoms with Crippen LogP contribution in [0.4, 0.5) is 4.39 Å². The molecule has 0 aliphatic carbocycles. The molecule has 19 heavy (non-hydrogen) atoms. The molecule has 3 nitrogen and oxygen atoms in total. The van der Waals surface area contributed by atoms with Crippen molar-refractivity contribution >= 4 is 17.2 Å². The average Bonchev–Trinajstić information content (AvgIpc) is 2.77. The van der Waals surface area contributed by atoms with E-state index >= 15 is 0 Å². The summed E-state index contributed by atoms with van der Waals surface area (Å²) in [5.41, 5.74) is 1.71. The van der Waals surface area contributed by atoms with Crippen LogP contribution >= 0.6 is 11.3 Å². The van der Waals surface area contributed by atoms with Crippen molar-refractivity contribution in [2.45, 2.75) is 19.9 Å². The number of hydrogen-bond acceptors (Lipinski definition) is 3. The molecular weight excluding hydrogens is 263 g/mol. The summed E-state index contributed by atoms with van der Waals surface area (Å²) in [6.45, 7) is 2.44. The number of aromatic nitrogens is 1. The van der Waals surface area contributed by atoms with Crippen molar-refractivity contribution in [2.75, 3.05) is 7.05 Å². The van der Waals surface area contributed by atoms with Gasteiger partial charge in [-0.1, -0.05) is 12.1 Å². The first kappa shape index (κ1) is 13.7. The number of thiazole rings is 1. The SMILES string of the molecule is Cc1nc(CN(C)C(=O)Cc2ccc(F)cc2)cs1. The summed E-state index contributed by atoms with van der Waals surface area (Å²) in [5, 5.41) is 2.95. The highest BCUT2D eigenvalue weighted by atomic mass is 32.1. The van der Waals surface area contributed by atoms with Crippen LogP contribution in [0.15, 0.2) is 29.6 Å². The van der Waals surface area contributed by atoms with Gasteiger partial charge in [0.25, 0.3) is 0 Å². The third-order valence-electron chi connectivity index (χ3n) is 2.76. The number of amides is 1. The molecule has 0 unspecified atom stereocenters. The van der Waals surface area contributed by atoms with Crippen LogP contribution in [-0.4, -0.2) is 22.8 Å². The Kier molecular flexibility index (Phi) is 4.27. The second kappa shape index (κ2) is 5.93. The Hall–Kier alpha value is -1.75. The van der Waals surface area contributed by atoms with Crippen molar-refractivity contribution in [1.29, 1.82) is 0 Å². The Morgan fingerprint density at radius 3 is 2.63 bits per heavy atom. The second-order valence-corrected chi connectivity index (χ2v) is 5.47. The van der Waals surface area contributed by atoms with E-state index in [0.717, 1.165) is 16.3 Å². The molecule has 1 aromatic heterocycles. The summed E-state index contributed by atoms with van der Waals surface area (Å²) in [4.78, 5) is 18.0. The van der Waals surface area contributed by atoms with Crippen LogP contribution < -0.4 is 0 Å². The molecule has 100 valence electrons. The van der Waals surface area contributed by atoms with Crippen molar-refractivity contribution < 1.29 is 9.18 Å². The summed E-state index contributed by atoms with van der Waals surface area (Å²) in [6.07, 6.45) is 0.278. The zero-order valence-electron chi connectivity index (χ0n) is 10.9. The second-order valence-electron chi connectivity index (χ2n) is 4.41. The van der Waals surface area contributed by atoms with Crippen LogP contribution in [0.3, 0.4) is 0 Å². The normalized spacial score (nSPS) is 10.5. The zero-order valence-corrected chi connectivity index (χ0v) is 11.7. The predicted molar refractivity (Wildman–Crippen MR) is 73.4 cm³/mol. The van der Waals surface area contributed by atoms with Crippen molar-refractivity contribution in [3.05, 3.63) is 51.7 Å². The first-order chi connectivity index (χ1) is 9.04. The molecule has 0 aliphatic rings. The fourth-order valence-corrected chi connectivity index (χ4v) is 2.33. The molecular formula is C14H15FN2OS. The minimum Gasteiger partial charge on any atom is -0.340 e. The Balaban J connectivity index is 1.94. The van der Waals surface area contributed by atoms with Gasteiger partial charge < -0.3 is 4.90 Å². The number of carbonyl (C=O) groups is 1. The highest BCUT2D eigenvalue weighted by Crippen LogP contribution is 2.11. The molecule has 2 rings (SSSR count). The highest BCUT2D eigenvalue weighted by Gasteiger charge is 2.11. The fraction of sp³-hybridized carbons (Fsp3) is 0.286. The number of rotatable bonds is 4. The van der Waals surface area contributed by atoms with Crippen LogP contribution in [0.2, 0.25) is 0 Å². The lowest BCUT2D eigenvalue weighted by atomic mass is 10.1. The van der Waals surface area contributed by atoms with Gasteiger partial charge in [-0.2, -0.15) is 0 Å². The summed E-state index contributed by atoms with van der Waals surface area (Å²) in [5.74, 6) is -0.292. The van der Waals surface area contributed by atoms with Gasteiger partial charge in [-0.25, -0.2) is 9.37 Å². The Labute approximate surface area is 115 Å². The van der Waals surface area contributed by atoms with E-state index < -0.39 is 0 Å². The van der Waals surface area contributed by atoms with Gasteiger partial charge in [-0.3, -0.25) is 4.79 Å². The maximum Gasteiger partial charge on any atom is 0.227 e. The van der Waals surface area contributed by atoms with E-state index in [1.807, 2.05) is 12.3 Å². The predicted octanol–water partition coefficient (Wildman–Crippen LogP) is 2.79. The third-order valence-corrected chi connectivity index (χ3v) is 3.58. The quantitative estimate of drug-likeness (QED) is 0.861. The largest absolute Gasteiger partial charge is 0.340 e. The minimum absolute atomic E-state index is 0.00254. The van der Waals surface area contributed by atoms with Gasteiger partial charge in [0.05, 0.1) is 23.7 Å². The van der Waals surface area contributed by atoms with Gasteiger partial charge in [-0.15, -0.1) is 11.3 Å². The van der Waals surface area contributed by atoms with Gasteiger partial charge in [0.2, 0.25) is 5.91 Å². The number of benzene rings is 1. The molecule has 0 aliphatic heterocycles. The molecule has 1 aromatic carbocycles. The van der Waals surface area contributed by atoms with Gasteiger partial charge in [0.1, 0.15) is 5.82 Å². The Bertz CT molecular complexity index is 565. The summed E-state index contributed by atoms with van der Waals surface area (Å²) in [6, 6.07) is 6.00. The van der Waals surface area contributed by atoms with Crippen LogP contribution in [0.25, 0.3) is 0 Å². The van der Waals surface area contributed by atoms with Gasteiger partial charge in [-0.05, 0) is 24.6 Å². The molecule has 0 bridgehead atoms. The van der Waals surface area contributed by atoms with Crippen molar-refractivity contribution in [2.24, 2.45) is 0 Å². The molecule has 0 radical (unpaired) electrons. The standard InChI is InChI=1S/C14H15FN2OS/c1-10-16-13(9-19-10)8-17(2)14(18)7-11-3-5-12(15)6-4-11/h3-6,9H,7-8H2,1-2H3. The van der Waals surface area contributed by atoms with Crippen LogP contribution in [0.1, 0.15) is 16.3 Å². The maximum atomic E-state index is 12.8. The molecule has 0 N–H and O–H groups in total. The topological polar surface area (TPSA) is 33.2 Å². The number of hydrogen-bond donors (Lipinski definition) is 0. The number of halogens is 1. The van der Waals surface area contributed by atoms with E-state index in [4.69, 9.17) is 0 Å². The third kappa shape index (κ3) is 3.86. The van der Waals surface area contributed by atoms with E-state index in [2.05, 4.69) is 4.98 Å². The van der Waals surface area contributed by atoms with E-state index in [9.17, 15) is 9.18 Å². The van der Waals surface area contributed by atoms with E-state index in [-0.39, 0.29) is 18.1 Å². The monoisotopic (exact) mass is 278 g/mol. The number of nitrogens with zero attached hydrogens (tertiary/aromatic N) is 2. The first-order valence-corrected chi connectivity index (χ1v) is 6.82. The number of aryl methyl sites for hydroxylation is 1. The summed E-state index contributed by atoms with van der Waals surface area (Å²) >= 11 is 1.57. The van der Waals surface area contributed by atoms with Gasteiger partial charge >= 0.3 is 0 Å². The number of likely N-dealkylation sites (N-methyl/N-ethyl adjacent to an activating group) is 1. The molecule has 5 heteroatoms. The Morgan fingerprint density at radius 1 is 1.37 bits per heavy atom. The molecule has 0 atom stereocenters. The van der Waals surface area contributed by atoms with Gasteiger partial charge in [0, 0.05) is 12.4 Å². The lowest BCUT2D eigenvalue weighted by molar-refractivity contribution is -0.129. The molecule has 1 amide bonds. The lowest BCUT2D eigenvalue weighted by Crippen LogP contribution is -2.27. The van der Waals surface area contributed by atoms with Crippen molar-refractivity contribution in [3.63, 3.8) is 0 Å². The maximum absolute atomic E-state index is 12.8. The molecule has 0 fully saturated rings. The van der Waals surface area contributed by atoms with Crippen LogP contribution in [-0.2, 0) is 17.8 Å². The molecule has 1 heterocycles. The minimum atomic E-state index is -0.289. The first-order valence-electron chi connectivity index (χ1n) is 5.94. The van der Waals surface area contributed by atoms with Crippen molar-refractivity contribution in [3.8, 4) is 0 Å². The van der Waals surface area contributed by atoms with E-state index in [0.29, 0.717) is 6.54 Å². The smallest absolute Gasteiger partial charge is 0.227 e. The zero-order chi connectivity index (χ0) is 13.8. The number of carbonyl (C=O) groups excluding carboxylic acids is 1.